The summed E-state index contributed by atoms with van der Waals surface area (Å²) in [6, 6.07) is 0. The van der Waals surface area contributed by atoms with Gasteiger partial charge < -0.3 is 23.3 Å². The van der Waals surface area contributed by atoms with E-state index in [9.17, 15) is 0 Å². The molecule has 0 bridgehead atoms. The first-order valence-electron chi connectivity index (χ1n) is 0.548. The van der Waals surface area contributed by atoms with Gasteiger partial charge in [0.1, 0.15) is 0 Å². The molecule has 0 spiro atoms. The van der Waals surface area contributed by atoms with Gasteiger partial charge in [-0.25, -0.2) is 0 Å². The van der Waals surface area contributed by atoms with E-state index in [1.165, 1.54) is 0 Å². The van der Waals surface area contributed by atoms with Crippen LogP contribution in [0.4, 0.5) is 0 Å². The maximum Gasteiger partial charge on any atom is 3.00 e. The standard InChI is InChI=1S/Dy.O3P/c;1-4(2)3/q+3;-3. The number of hydrogen-bond acceptors (Lipinski definition) is 3. The molecule has 0 unspecified atom stereocenters. The summed E-state index contributed by atoms with van der Waals surface area (Å²) >= 11 is 0. The van der Waals surface area contributed by atoms with Gasteiger partial charge in [0.15, 0.2) is 0 Å². The Balaban J connectivity index is 0. The average molecular weight is 241 g/mol. The van der Waals surface area contributed by atoms with Crippen LogP contribution in [0.1, 0.15) is 0 Å². The molecule has 0 rings (SSSR count). The van der Waals surface area contributed by atoms with Crippen LogP contribution in [-0.2, 0) is 0 Å². The normalized spacial score (nSPS) is 7.20. The summed E-state index contributed by atoms with van der Waals surface area (Å²) in [6.45, 7) is 0. The minimum absolute atomic E-state index is 0. The molecule has 0 heterocycles. The third-order valence-corrected chi connectivity index (χ3v) is 0. The van der Waals surface area contributed by atoms with E-state index < -0.39 is 8.60 Å². The van der Waals surface area contributed by atoms with E-state index in [2.05, 4.69) is 0 Å². The molecule has 0 aromatic rings. The van der Waals surface area contributed by atoms with E-state index in [1.807, 2.05) is 0 Å². The largest absolute Gasteiger partial charge is 3.00 e. The van der Waals surface area contributed by atoms with Crippen LogP contribution in [0.3, 0.4) is 0 Å². The van der Waals surface area contributed by atoms with Gasteiger partial charge in [-0.2, -0.15) is 0 Å². The summed E-state index contributed by atoms with van der Waals surface area (Å²) in [7, 11) is -3.37. The monoisotopic (exact) mass is 243 g/mol. The quantitative estimate of drug-likeness (QED) is 0.433. The van der Waals surface area contributed by atoms with Crippen molar-refractivity contribution in [2.75, 3.05) is 0 Å². The zero-order chi connectivity index (χ0) is 3.58. The fourth-order valence-corrected chi connectivity index (χ4v) is 0. The van der Waals surface area contributed by atoms with Crippen LogP contribution in [0.25, 0.3) is 0 Å². The first-order chi connectivity index (χ1) is 1.73. The Morgan fingerprint density at radius 3 is 1.00 bits per heavy atom. The van der Waals surface area contributed by atoms with Gasteiger partial charge in [0.25, 0.3) is 0 Å². The Morgan fingerprint density at radius 2 is 1.00 bits per heavy atom. The average Bonchev–Trinajstić information content (AvgIpc) is 0.811. The van der Waals surface area contributed by atoms with E-state index in [1.54, 1.807) is 0 Å². The molecule has 0 aliphatic carbocycles. The van der Waals surface area contributed by atoms with Gasteiger partial charge in [-0.1, -0.05) is 0 Å². The van der Waals surface area contributed by atoms with Gasteiger partial charge in [0, 0.05) is 0 Å². The predicted octanol–water partition coefficient (Wildman–Crippen LogP) is -2.71. The van der Waals surface area contributed by atoms with E-state index >= 15 is 0 Å². The van der Waals surface area contributed by atoms with Crippen LogP contribution >= 0.6 is 8.60 Å². The second kappa shape index (κ2) is 5.58. The fourth-order valence-electron chi connectivity index (χ4n) is 0. The van der Waals surface area contributed by atoms with Crippen molar-refractivity contribution in [3.63, 3.8) is 0 Å². The molecule has 5 heteroatoms. The minimum atomic E-state index is -3.37. The van der Waals surface area contributed by atoms with Crippen molar-refractivity contribution >= 4 is 8.60 Å². The topological polar surface area (TPSA) is 69.2 Å². The van der Waals surface area contributed by atoms with E-state index in [-0.39, 0.29) is 38.2 Å². The molecule has 0 aromatic heterocycles. The van der Waals surface area contributed by atoms with Crippen LogP contribution in [0, 0.1) is 38.2 Å². The van der Waals surface area contributed by atoms with Crippen molar-refractivity contribution in [2.24, 2.45) is 0 Å². The summed E-state index contributed by atoms with van der Waals surface area (Å²) in [4.78, 5) is 25.4. The fraction of sp³-hybridized carbons (Fsp3) is 0. The molecular weight excluding hydrogens is 241 g/mol. The summed E-state index contributed by atoms with van der Waals surface area (Å²) < 4.78 is 0. The van der Waals surface area contributed by atoms with E-state index in [4.69, 9.17) is 14.7 Å². The Hall–Kier alpha value is 1.58. The molecule has 0 saturated carbocycles. The van der Waals surface area contributed by atoms with Crippen LogP contribution in [0.5, 0.6) is 0 Å². The predicted molar refractivity (Wildman–Crippen MR) is 6.92 cm³/mol. The smallest absolute Gasteiger partial charge is 0.854 e. The molecule has 0 atom stereocenters. The first-order valence-corrected chi connectivity index (χ1v) is 1.64. The second-order valence-electron chi connectivity index (χ2n) is 0.224. The Morgan fingerprint density at radius 1 is 1.00 bits per heavy atom. The molecule has 3 nitrogen and oxygen atoms in total. The van der Waals surface area contributed by atoms with Gasteiger partial charge in [-0.15, -0.1) is 0 Å². The Labute approximate surface area is 61.0 Å². The molecule has 0 amide bonds. The summed E-state index contributed by atoms with van der Waals surface area (Å²) in [5.41, 5.74) is 0. The zero-order valence-electron chi connectivity index (χ0n) is 1.99. The summed E-state index contributed by atoms with van der Waals surface area (Å²) in [5, 5.41) is 0. The van der Waals surface area contributed by atoms with Crippen LogP contribution in [-0.4, -0.2) is 0 Å². The molecule has 0 aliphatic heterocycles. The first kappa shape index (κ1) is 9.77. The maximum atomic E-state index is 8.48. The van der Waals surface area contributed by atoms with Crippen molar-refractivity contribution in [1.29, 1.82) is 0 Å². The minimum Gasteiger partial charge on any atom is -0.854 e. The van der Waals surface area contributed by atoms with Gasteiger partial charge in [0.05, 0.1) is 0 Å². The van der Waals surface area contributed by atoms with Crippen molar-refractivity contribution in [3.05, 3.63) is 0 Å². The molecule has 33 valence electrons. The molecule has 0 N–H and O–H groups in total. The van der Waals surface area contributed by atoms with Gasteiger partial charge in [0.2, 0.25) is 0 Å². The summed E-state index contributed by atoms with van der Waals surface area (Å²) in [5.74, 6) is 0. The van der Waals surface area contributed by atoms with E-state index in [0.717, 1.165) is 0 Å². The third kappa shape index (κ3) is 28.6. The Bertz CT molecular complexity index is 11.6. The molecule has 1 radical (unpaired) electrons. The van der Waals surface area contributed by atoms with Crippen molar-refractivity contribution in [2.45, 2.75) is 0 Å². The van der Waals surface area contributed by atoms with Crippen molar-refractivity contribution in [1.82, 2.24) is 0 Å². The maximum absolute atomic E-state index is 8.48. The molecule has 0 aliphatic rings. The van der Waals surface area contributed by atoms with Crippen LogP contribution in [0.15, 0.2) is 0 Å². The summed E-state index contributed by atoms with van der Waals surface area (Å²) in [6.07, 6.45) is 0. The molecule has 0 saturated heterocycles. The van der Waals surface area contributed by atoms with Crippen molar-refractivity contribution < 1.29 is 52.9 Å². The van der Waals surface area contributed by atoms with Gasteiger partial charge >= 0.3 is 38.2 Å². The molecule has 0 aromatic carbocycles. The molecular formula is DyO3P. The molecule has 0 fully saturated rings. The molecule has 5 heavy (non-hydrogen) atoms. The van der Waals surface area contributed by atoms with Gasteiger partial charge in [-0.3, -0.25) is 0 Å². The number of rotatable bonds is 0. The van der Waals surface area contributed by atoms with Crippen molar-refractivity contribution in [3.8, 4) is 0 Å². The zero-order valence-corrected chi connectivity index (χ0v) is 4.91. The number of hydrogen-bond donors (Lipinski definition) is 0. The third-order valence-electron chi connectivity index (χ3n) is 0. The SMILES string of the molecule is [Dy+3].[O-]P([O-])[O-]. The Kier molecular flexibility index (Phi) is 10.9. The van der Waals surface area contributed by atoms with Gasteiger partial charge in [-0.05, 0) is 0 Å². The van der Waals surface area contributed by atoms with E-state index in [0.29, 0.717) is 0 Å². The van der Waals surface area contributed by atoms with Crippen LogP contribution < -0.4 is 14.7 Å². The second-order valence-corrected chi connectivity index (χ2v) is 0.671. The van der Waals surface area contributed by atoms with Crippen LogP contribution in [0.2, 0.25) is 0 Å².